The number of ether oxygens (including phenoxy) is 1. The molecule has 0 aromatic heterocycles. The molecule has 0 aliphatic rings. The van der Waals surface area contributed by atoms with Crippen LogP contribution in [0.3, 0.4) is 0 Å². The quantitative estimate of drug-likeness (QED) is 0.877. The van der Waals surface area contributed by atoms with Crippen molar-refractivity contribution >= 4 is 15.9 Å². The predicted molar refractivity (Wildman–Crippen MR) is 77.8 cm³/mol. The van der Waals surface area contributed by atoms with Crippen LogP contribution in [0.4, 0.5) is 4.39 Å². The van der Waals surface area contributed by atoms with E-state index in [0.29, 0.717) is 16.0 Å². The summed E-state index contributed by atoms with van der Waals surface area (Å²) in [5.41, 5.74) is 7.02. The van der Waals surface area contributed by atoms with Crippen molar-refractivity contribution in [3.05, 3.63) is 58.3 Å². The standard InChI is InChI=1S/C15H15BrFNO/c1-2-15(18)10-3-5-11(6-4-10)19-12-7-8-14(17)13(16)9-12/h3-9,15H,2,18H2,1H3/t15-/m0/s1. The molecule has 0 aliphatic heterocycles. The Hall–Kier alpha value is -1.39. The Morgan fingerprint density at radius 3 is 2.37 bits per heavy atom. The maximum absolute atomic E-state index is 13.1. The van der Waals surface area contributed by atoms with Crippen molar-refractivity contribution in [1.82, 2.24) is 0 Å². The average Bonchev–Trinajstić information content (AvgIpc) is 2.43. The highest BCUT2D eigenvalue weighted by Gasteiger charge is 2.05. The summed E-state index contributed by atoms with van der Waals surface area (Å²) in [5.74, 6) is 0.975. The van der Waals surface area contributed by atoms with E-state index in [2.05, 4.69) is 15.9 Å². The Morgan fingerprint density at radius 1 is 1.16 bits per heavy atom. The van der Waals surface area contributed by atoms with Crippen LogP contribution in [0.2, 0.25) is 0 Å². The van der Waals surface area contributed by atoms with E-state index in [-0.39, 0.29) is 11.9 Å². The summed E-state index contributed by atoms with van der Waals surface area (Å²) in [6.45, 7) is 2.05. The largest absolute Gasteiger partial charge is 0.457 e. The predicted octanol–water partition coefficient (Wildman–Crippen LogP) is 4.79. The molecule has 2 rings (SSSR count). The minimum absolute atomic E-state index is 0.0500. The van der Waals surface area contributed by atoms with Gasteiger partial charge in [-0.05, 0) is 58.2 Å². The van der Waals surface area contributed by atoms with Crippen molar-refractivity contribution in [1.29, 1.82) is 0 Å². The maximum Gasteiger partial charge on any atom is 0.137 e. The molecule has 0 amide bonds. The molecule has 19 heavy (non-hydrogen) atoms. The molecule has 0 unspecified atom stereocenters. The van der Waals surface area contributed by atoms with Gasteiger partial charge in [0.05, 0.1) is 4.47 Å². The second-order valence-electron chi connectivity index (χ2n) is 4.26. The van der Waals surface area contributed by atoms with E-state index >= 15 is 0 Å². The highest BCUT2D eigenvalue weighted by Crippen LogP contribution is 2.27. The van der Waals surface area contributed by atoms with Crippen molar-refractivity contribution < 1.29 is 9.13 Å². The molecule has 0 radical (unpaired) electrons. The lowest BCUT2D eigenvalue weighted by molar-refractivity contribution is 0.479. The first-order valence-electron chi connectivity index (χ1n) is 6.08. The van der Waals surface area contributed by atoms with Crippen LogP contribution in [0, 0.1) is 5.82 Å². The summed E-state index contributed by atoms with van der Waals surface area (Å²) in [4.78, 5) is 0. The Bertz CT molecular complexity index is 557. The molecule has 2 nitrogen and oxygen atoms in total. The third kappa shape index (κ3) is 3.55. The van der Waals surface area contributed by atoms with E-state index in [9.17, 15) is 4.39 Å². The van der Waals surface area contributed by atoms with Gasteiger partial charge >= 0.3 is 0 Å². The second-order valence-corrected chi connectivity index (χ2v) is 5.12. The first-order chi connectivity index (χ1) is 9.10. The fourth-order valence-corrected chi connectivity index (χ4v) is 2.05. The minimum atomic E-state index is -0.309. The molecule has 0 aliphatic carbocycles. The molecular weight excluding hydrogens is 309 g/mol. The van der Waals surface area contributed by atoms with Gasteiger partial charge in [-0.2, -0.15) is 0 Å². The molecule has 0 saturated heterocycles. The Kier molecular flexibility index (Phi) is 4.56. The molecular formula is C15H15BrFNO. The molecule has 0 spiro atoms. The molecule has 0 bridgehead atoms. The lowest BCUT2D eigenvalue weighted by atomic mass is 10.1. The van der Waals surface area contributed by atoms with Gasteiger partial charge in [0.15, 0.2) is 0 Å². The van der Waals surface area contributed by atoms with Gasteiger partial charge in [0.1, 0.15) is 17.3 Å². The summed E-state index contributed by atoms with van der Waals surface area (Å²) >= 11 is 3.13. The van der Waals surface area contributed by atoms with Crippen molar-refractivity contribution in [2.75, 3.05) is 0 Å². The topological polar surface area (TPSA) is 35.2 Å². The van der Waals surface area contributed by atoms with Gasteiger partial charge in [-0.1, -0.05) is 19.1 Å². The SMILES string of the molecule is CC[C@H](N)c1ccc(Oc2ccc(F)c(Br)c2)cc1. The van der Waals surface area contributed by atoms with Crippen LogP contribution in [0.15, 0.2) is 46.9 Å². The Labute approximate surface area is 120 Å². The molecule has 4 heteroatoms. The summed E-state index contributed by atoms with van der Waals surface area (Å²) in [7, 11) is 0. The van der Waals surface area contributed by atoms with E-state index in [1.54, 1.807) is 12.1 Å². The van der Waals surface area contributed by atoms with Gasteiger partial charge in [-0.25, -0.2) is 4.39 Å². The fourth-order valence-electron chi connectivity index (χ4n) is 1.70. The van der Waals surface area contributed by atoms with Gasteiger partial charge in [-0.3, -0.25) is 0 Å². The van der Waals surface area contributed by atoms with Crippen LogP contribution in [0.5, 0.6) is 11.5 Å². The van der Waals surface area contributed by atoms with E-state index in [1.807, 2.05) is 31.2 Å². The number of nitrogens with two attached hydrogens (primary N) is 1. The second kappa shape index (κ2) is 6.17. The van der Waals surface area contributed by atoms with Gasteiger partial charge < -0.3 is 10.5 Å². The summed E-state index contributed by atoms with van der Waals surface area (Å²) in [5, 5.41) is 0. The van der Waals surface area contributed by atoms with Gasteiger partial charge in [0.2, 0.25) is 0 Å². The van der Waals surface area contributed by atoms with Crippen LogP contribution in [-0.2, 0) is 0 Å². The normalized spacial score (nSPS) is 12.2. The highest BCUT2D eigenvalue weighted by molar-refractivity contribution is 9.10. The Balaban J connectivity index is 2.12. The molecule has 1 atom stereocenters. The molecule has 2 aromatic rings. The zero-order chi connectivity index (χ0) is 13.8. The molecule has 2 aromatic carbocycles. The Morgan fingerprint density at radius 2 is 1.79 bits per heavy atom. The lowest BCUT2D eigenvalue weighted by Crippen LogP contribution is -2.07. The number of hydrogen-bond donors (Lipinski definition) is 1. The van der Waals surface area contributed by atoms with Gasteiger partial charge in [-0.15, -0.1) is 0 Å². The van der Waals surface area contributed by atoms with Crippen molar-refractivity contribution in [3.63, 3.8) is 0 Å². The average molecular weight is 324 g/mol. The molecule has 0 saturated carbocycles. The summed E-state index contributed by atoms with van der Waals surface area (Å²) < 4.78 is 19.1. The maximum atomic E-state index is 13.1. The fraction of sp³-hybridized carbons (Fsp3) is 0.200. The number of rotatable bonds is 4. The first kappa shape index (κ1) is 14.0. The lowest BCUT2D eigenvalue weighted by Gasteiger charge is -2.11. The molecule has 0 fully saturated rings. The van der Waals surface area contributed by atoms with Crippen LogP contribution < -0.4 is 10.5 Å². The van der Waals surface area contributed by atoms with Crippen LogP contribution in [0.25, 0.3) is 0 Å². The third-order valence-corrected chi connectivity index (χ3v) is 3.48. The van der Waals surface area contributed by atoms with E-state index in [4.69, 9.17) is 10.5 Å². The zero-order valence-corrected chi connectivity index (χ0v) is 12.2. The highest BCUT2D eigenvalue weighted by atomic mass is 79.9. The number of benzene rings is 2. The monoisotopic (exact) mass is 323 g/mol. The minimum Gasteiger partial charge on any atom is -0.457 e. The van der Waals surface area contributed by atoms with E-state index in [0.717, 1.165) is 12.0 Å². The number of halogens is 2. The van der Waals surface area contributed by atoms with Crippen LogP contribution >= 0.6 is 15.9 Å². The third-order valence-electron chi connectivity index (χ3n) is 2.87. The van der Waals surface area contributed by atoms with Crippen molar-refractivity contribution in [3.8, 4) is 11.5 Å². The molecule has 100 valence electrons. The van der Waals surface area contributed by atoms with E-state index < -0.39 is 0 Å². The van der Waals surface area contributed by atoms with Crippen LogP contribution in [0.1, 0.15) is 24.9 Å². The van der Waals surface area contributed by atoms with E-state index in [1.165, 1.54) is 6.07 Å². The summed E-state index contributed by atoms with van der Waals surface area (Å²) in [6, 6.07) is 12.2. The van der Waals surface area contributed by atoms with Gasteiger partial charge in [0, 0.05) is 6.04 Å². The van der Waals surface area contributed by atoms with Crippen LogP contribution in [-0.4, -0.2) is 0 Å². The first-order valence-corrected chi connectivity index (χ1v) is 6.88. The summed E-state index contributed by atoms with van der Waals surface area (Å²) in [6.07, 6.45) is 0.894. The van der Waals surface area contributed by atoms with Crippen molar-refractivity contribution in [2.24, 2.45) is 5.73 Å². The zero-order valence-electron chi connectivity index (χ0n) is 10.6. The van der Waals surface area contributed by atoms with Gasteiger partial charge in [0.25, 0.3) is 0 Å². The molecule has 2 N–H and O–H groups in total. The van der Waals surface area contributed by atoms with Crippen molar-refractivity contribution in [2.45, 2.75) is 19.4 Å². The smallest absolute Gasteiger partial charge is 0.137 e. The number of hydrogen-bond acceptors (Lipinski definition) is 2. The molecule has 0 heterocycles.